The number of benzene rings is 1. The maximum atomic E-state index is 10.6. The predicted molar refractivity (Wildman–Crippen MR) is 68.3 cm³/mol. The third-order valence-corrected chi connectivity index (χ3v) is 2.98. The summed E-state index contributed by atoms with van der Waals surface area (Å²) >= 11 is 0. The quantitative estimate of drug-likeness (QED) is 0.664. The molecule has 0 fully saturated rings. The van der Waals surface area contributed by atoms with Crippen molar-refractivity contribution in [2.24, 2.45) is 0 Å². The first-order valence-electron chi connectivity index (χ1n) is 5.54. The van der Waals surface area contributed by atoms with E-state index in [0.29, 0.717) is 5.82 Å². The Kier molecular flexibility index (Phi) is 3.01. The zero-order valence-electron chi connectivity index (χ0n) is 10.2. The summed E-state index contributed by atoms with van der Waals surface area (Å²) in [4.78, 5) is 10.2. The average Bonchev–Trinajstić information content (AvgIpc) is 2.69. The number of aromatic nitrogens is 2. The van der Waals surface area contributed by atoms with E-state index in [2.05, 4.69) is 5.10 Å². The number of nitrogens with zero attached hydrogens (tertiary/aromatic N) is 3. The Labute approximate surface area is 104 Å². The van der Waals surface area contributed by atoms with Crippen LogP contribution in [-0.2, 0) is 0 Å². The van der Waals surface area contributed by atoms with Crippen LogP contribution in [0.1, 0.15) is 24.1 Å². The smallest absolute Gasteiger partial charge is 0.269 e. The van der Waals surface area contributed by atoms with Gasteiger partial charge in [-0.2, -0.15) is 5.10 Å². The van der Waals surface area contributed by atoms with Crippen molar-refractivity contribution in [1.82, 2.24) is 9.78 Å². The van der Waals surface area contributed by atoms with Crippen LogP contribution in [0.4, 0.5) is 11.5 Å². The number of non-ortho nitro benzene ring substituents is 1. The Morgan fingerprint density at radius 2 is 2.00 bits per heavy atom. The number of hydrogen-bond donors (Lipinski definition) is 1. The van der Waals surface area contributed by atoms with Gasteiger partial charge in [0.05, 0.1) is 17.2 Å². The summed E-state index contributed by atoms with van der Waals surface area (Å²) in [6, 6.07) is 6.36. The molecule has 18 heavy (non-hydrogen) atoms. The highest BCUT2D eigenvalue weighted by Crippen LogP contribution is 2.23. The molecule has 0 spiro atoms. The van der Waals surface area contributed by atoms with E-state index < -0.39 is 4.92 Å². The van der Waals surface area contributed by atoms with Crippen molar-refractivity contribution in [2.45, 2.75) is 19.9 Å². The van der Waals surface area contributed by atoms with E-state index in [0.717, 1.165) is 11.1 Å². The summed E-state index contributed by atoms with van der Waals surface area (Å²) in [5, 5.41) is 14.8. The molecule has 2 rings (SSSR count). The van der Waals surface area contributed by atoms with Crippen molar-refractivity contribution in [3.8, 4) is 0 Å². The molecular formula is C12H14N4O2. The summed E-state index contributed by atoms with van der Waals surface area (Å²) < 4.78 is 1.70. The van der Waals surface area contributed by atoms with Crippen molar-refractivity contribution >= 4 is 11.5 Å². The molecule has 2 aromatic rings. The molecule has 0 aliphatic heterocycles. The van der Waals surface area contributed by atoms with Gasteiger partial charge < -0.3 is 5.73 Å². The van der Waals surface area contributed by atoms with Crippen LogP contribution in [0.5, 0.6) is 0 Å². The number of rotatable bonds is 3. The van der Waals surface area contributed by atoms with Crippen LogP contribution in [0.15, 0.2) is 30.5 Å². The zero-order valence-corrected chi connectivity index (χ0v) is 10.2. The third kappa shape index (κ3) is 2.04. The van der Waals surface area contributed by atoms with E-state index in [1.807, 2.05) is 13.8 Å². The number of nitrogen functional groups attached to an aromatic ring is 1. The van der Waals surface area contributed by atoms with Crippen molar-refractivity contribution in [3.63, 3.8) is 0 Å². The second-order valence-electron chi connectivity index (χ2n) is 4.18. The first-order chi connectivity index (χ1) is 8.50. The van der Waals surface area contributed by atoms with E-state index in [9.17, 15) is 10.1 Å². The minimum Gasteiger partial charge on any atom is -0.384 e. The summed E-state index contributed by atoms with van der Waals surface area (Å²) in [6.45, 7) is 3.84. The van der Waals surface area contributed by atoms with Crippen LogP contribution in [-0.4, -0.2) is 14.7 Å². The summed E-state index contributed by atoms with van der Waals surface area (Å²) in [7, 11) is 0. The van der Waals surface area contributed by atoms with Crippen LogP contribution in [0.25, 0.3) is 0 Å². The maximum absolute atomic E-state index is 10.6. The topological polar surface area (TPSA) is 87.0 Å². The Bertz CT molecular complexity index is 574. The molecule has 0 saturated carbocycles. The number of hydrogen-bond acceptors (Lipinski definition) is 4. The van der Waals surface area contributed by atoms with Crippen LogP contribution in [0.3, 0.4) is 0 Å². The molecule has 0 radical (unpaired) electrons. The van der Waals surface area contributed by atoms with Crippen molar-refractivity contribution in [2.75, 3.05) is 5.73 Å². The molecule has 1 aromatic carbocycles. The molecule has 2 N–H and O–H groups in total. The SMILES string of the molecule is Cc1cnn(C(C)c2ccc([N+](=O)[O-])cc2)c1N. The number of nitro groups is 1. The minimum atomic E-state index is -0.416. The molecule has 0 amide bonds. The van der Waals surface area contributed by atoms with Gasteiger partial charge in [-0.25, -0.2) is 4.68 Å². The highest BCUT2D eigenvalue weighted by Gasteiger charge is 2.14. The second kappa shape index (κ2) is 4.48. The molecule has 0 aliphatic carbocycles. The molecule has 1 atom stereocenters. The fourth-order valence-corrected chi connectivity index (χ4v) is 1.78. The number of nitrogens with two attached hydrogens (primary N) is 1. The van der Waals surface area contributed by atoms with Gasteiger partial charge in [-0.1, -0.05) is 12.1 Å². The molecule has 1 heterocycles. The first kappa shape index (κ1) is 12.1. The average molecular weight is 246 g/mol. The van der Waals surface area contributed by atoms with Gasteiger partial charge in [0.2, 0.25) is 0 Å². The van der Waals surface area contributed by atoms with Crippen molar-refractivity contribution < 1.29 is 4.92 Å². The number of nitro benzene ring substituents is 1. The third-order valence-electron chi connectivity index (χ3n) is 2.98. The standard InChI is InChI=1S/C12H14N4O2/c1-8-7-14-15(12(8)13)9(2)10-3-5-11(6-4-10)16(17)18/h3-7,9H,13H2,1-2H3. The van der Waals surface area contributed by atoms with Gasteiger partial charge in [0.1, 0.15) is 5.82 Å². The van der Waals surface area contributed by atoms with Gasteiger partial charge in [0.25, 0.3) is 5.69 Å². The van der Waals surface area contributed by atoms with Crippen LogP contribution < -0.4 is 5.73 Å². The van der Waals surface area contributed by atoms with E-state index in [1.165, 1.54) is 12.1 Å². The van der Waals surface area contributed by atoms with Crippen molar-refractivity contribution in [1.29, 1.82) is 0 Å². The number of aryl methyl sites for hydroxylation is 1. The summed E-state index contributed by atoms with van der Waals surface area (Å²) in [5.74, 6) is 0.612. The molecule has 1 unspecified atom stereocenters. The first-order valence-corrected chi connectivity index (χ1v) is 5.54. The van der Waals surface area contributed by atoms with Crippen molar-refractivity contribution in [3.05, 3.63) is 51.7 Å². The Balaban J connectivity index is 2.31. The Morgan fingerprint density at radius 1 is 1.39 bits per heavy atom. The lowest BCUT2D eigenvalue weighted by atomic mass is 10.1. The molecule has 0 aliphatic rings. The summed E-state index contributed by atoms with van der Waals surface area (Å²) in [5.41, 5.74) is 7.84. The minimum absolute atomic E-state index is 0.0560. The van der Waals surface area contributed by atoms with Gasteiger partial charge in [0, 0.05) is 17.7 Å². The fraction of sp³-hybridized carbons (Fsp3) is 0.250. The summed E-state index contributed by atoms with van der Waals surface area (Å²) in [6.07, 6.45) is 1.71. The van der Waals surface area contributed by atoms with E-state index in [4.69, 9.17) is 5.73 Å². The van der Waals surface area contributed by atoms with E-state index >= 15 is 0 Å². The Morgan fingerprint density at radius 3 is 2.44 bits per heavy atom. The number of anilines is 1. The van der Waals surface area contributed by atoms with Crippen LogP contribution in [0, 0.1) is 17.0 Å². The molecule has 6 nitrogen and oxygen atoms in total. The molecule has 94 valence electrons. The lowest BCUT2D eigenvalue weighted by Crippen LogP contribution is -2.11. The van der Waals surface area contributed by atoms with Gasteiger partial charge in [0.15, 0.2) is 0 Å². The van der Waals surface area contributed by atoms with Crippen LogP contribution >= 0.6 is 0 Å². The maximum Gasteiger partial charge on any atom is 0.269 e. The normalized spacial score (nSPS) is 12.3. The van der Waals surface area contributed by atoms with Gasteiger partial charge in [-0.05, 0) is 19.4 Å². The molecule has 0 saturated heterocycles. The lowest BCUT2D eigenvalue weighted by molar-refractivity contribution is -0.384. The van der Waals surface area contributed by atoms with Gasteiger partial charge in [-0.3, -0.25) is 10.1 Å². The van der Waals surface area contributed by atoms with Crippen LogP contribution in [0.2, 0.25) is 0 Å². The van der Waals surface area contributed by atoms with E-state index in [-0.39, 0.29) is 11.7 Å². The van der Waals surface area contributed by atoms with E-state index in [1.54, 1.807) is 23.0 Å². The molecule has 1 aromatic heterocycles. The lowest BCUT2D eigenvalue weighted by Gasteiger charge is -2.14. The Hall–Kier alpha value is -2.37. The monoisotopic (exact) mass is 246 g/mol. The second-order valence-corrected chi connectivity index (χ2v) is 4.18. The van der Waals surface area contributed by atoms with Gasteiger partial charge in [-0.15, -0.1) is 0 Å². The zero-order chi connectivity index (χ0) is 13.3. The fourth-order valence-electron chi connectivity index (χ4n) is 1.78. The highest BCUT2D eigenvalue weighted by atomic mass is 16.6. The molecule has 6 heteroatoms. The highest BCUT2D eigenvalue weighted by molar-refractivity contribution is 5.40. The largest absolute Gasteiger partial charge is 0.384 e. The van der Waals surface area contributed by atoms with Gasteiger partial charge >= 0.3 is 0 Å². The molecule has 0 bridgehead atoms. The predicted octanol–water partition coefficient (Wildman–Crippen LogP) is 2.29. The molecular weight excluding hydrogens is 232 g/mol.